The predicted molar refractivity (Wildman–Crippen MR) is 74.6 cm³/mol. The van der Waals surface area contributed by atoms with Gasteiger partial charge in [0, 0.05) is 18.1 Å². The number of nitrogens with one attached hydrogen (secondary N) is 3. The maximum atomic E-state index is 12.3. The highest BCUT2D eigenvalue weighted by molar-refractivity contribution is 7.13. The van der Waals surface area contributed by atoms with Gasteiger partial charge in [-0.25, -0.2) is 10.4 Å². The highest BCUT2D eigenvalue weighted by Crippen LogP contribution is 2.26. The molecule has 1 saturated heterocycles. The number of hydrogen-bond donors (Lipinski definition) is 3. The van der Waals surface area contributed by atoms with E-state index in [1.54, 1.807) is 6.20 Å². The summed E-state index contributed by atoms with van der Waals surface area (Å²) in [7, 11) is 0. The van der Waals surface area contributed by atoms with E-state index in [2.05, 4.69) is 21.2 Å². The van der Waals surface area contributed by atoms with Gasteiger partial charge in [0.15, 0.2) is 5.13 Å². The average Bonchev–Trinajstić information content (AvgIpc) is 3.10. The van der Waals surface area contributed by atoms with E-state index in [1.807, 2.05) is 35.7 Å². The molecule has 0 bridgehead atoms. The Kier molecular flexibility index (Phi) is 3.54. The molecule has 1 amide bonds. The van der Waals surface area contributed by atoms with Crippen molar-refractivity contribution < 1.29 is 4.79 Å². The van der Waals surface area contributed by atoms with Gasteiger partial charge in [0.25, 0.3) is 0 Å². The van der Waals surface area contributed by atoms with Crippen molar-refractivity contribution in [2.45, 2.75) is 6.04 Å². The van der Waals surface area contributed by atoms with Gasteiger partial charge in [-0.1, -0.05) is 30.3 Å². The summed E-state index contributed by atoms with van der Waals surface area (Å²) in [4.78, 5) is 16.3. The highest BCUT2D eigenvalue weighted by atomic mass is 32.1. The number of anilines is 1. The van der Waals surface area contributed by atoms with Crippen molar-refractivity contribution in [3.63, 3.8) is 0 Å². The van der Waals surface area contributed by atoms with Gasteiger partial charge in [-0.3, -0.25) is 10.2 Å². The van der Waals surface area contributed by atoms with E-state index in [0.717, 1.165) is 5.56 Å². The number of carbonyl (C=O) groups is 1. The van der Waals surface area contributed by atoms with Gasteiger partial charge in [0.1, 0.15) is 0 Å². The van der Waals surface area contributed by atoms with Crippen LogP contribution in [0.2, 0.25) is 0 Å². The number of carbonyl (C=O) groups excluding carboxylic acids is 1. The molecule has 6 heteroatoms. The Morgan fingerprint density at radius 2 is 2.21 bits per heavy atom. The fourth-order valence-corrected chi connectivity index (χ4v) is 2.73. The Bertz CT molecular complexity index is 543. The van der Waals surface area contributed by atoms with E-state index in [9.17, 15) is 4.79 Å². The van der Waals surface area contributed by atoms with Crippen LogP contribution >= 0.6 is 11.3 Å². The lowest BCUT2D eigenvalue weighted by Crippen LogP contribution is -2.29. The summed E-state index contributed by atoms with van der Waals surface area (Å²) in [5.74, 6) is -0.160. The second-order valence-corrected chi connectivity index (χ2v) is 5.24. The Labute approximate surface area is 115 Å². The number of benzene rings is 1. The molecule has 0 spiro atoms. The minimum Gasteiger partial charge on any atom is -0.302 e. The van der Waals surface area contributed by atoms with E-state index in [4.69, 9.17) is 0 Å². The topological polar surface area (TPSA) is 66.0 Å². The SMILES string of the molecule is O=C(Nc1nccs1)C1CNNC1c1ccccc1. The number of nitrogens with zero attached hydrogens (tertiary/aromatic N) is 1. The minimum atomic E-state index is -0.147. The molecule has 5 nitrogen and oxygen atoms in total. The van der Waals surface area contributed by atoms with Crippen LogP contribution in [0.25, 0.3) is 0 Å². The minimum absolute atomic E-state index is 0.0127. The predicted octanol–water partition coefficient (Wildman–Crippen LogP) is 1.55. The van der Waals surface area contributed by atoms with E-state index < -0.39 is 0 Å². The number of rotatable bonds is 3. The molecule has 2 unspecified atom stereocenters. The largest absolute Gasteiger partial charge is 0.302 e. The van der Waals surface area contributed by atoms with Gasteiger partial charge in [0.2, 0.25) is 5.91 Å². The molecule has 2 heterocycles. The molecule has 19 heavy (non-hydrogen) atoms. The molecule has 1 aliphatic heterocycles. The molecule has 1 aromatic heterocycles. The molecular formula is C13H14N4OS. The van der Waals surface area contributed by atoms with Gasteiger partial charge in [-0.05, 0) is 5.56 Å². The van der Waals surface area contributed by atoms with Crippen molar-refractivity contribution in [1.82, 2.24) is 15.8 Å². The molecule has 0 aliphatic carbocycles. The lowest BCUT2D eigenvalue weighted by Gasteiger charge is -2.17. The van der Waals surface area contributed by atoms with Gasteiger partial charge in [-0.2, -0.15) is 0 Å². The van der Waals surface area contributed by atoms with Crippen LogP contribution in [0.15, 0.2) is 41.9 Å². The molecule has 2 aromatic rings. The number of aromatic nitrogens is 1. The molecule has 1 aromatic carbocycles. The first-order valence-electron chi connectivity index (χ1n) is 6.08. The monoisotopic (exact) mass is 274 g/mol. The van der Waals surface area contributed by atoms with Crippen LogP contribution in [0.5, 0.6) is 0 Å². The Hall–Kier alpha value is -1.76. The Morgan fingerprint density at radius 1 is 1.37 bits per heavy atom. The van der Waals surface area contributed by atoms with Crippen LogP contribution in [0.3, 0.4) is 0 Å². The lowest BCUT2D eigenvalue weighted by molar-refractivity contribution is -0.119. The maximum Gasteiger partial charge on any atom is 0.232 e. The first-order chi connectivity index (χ1) is 9.34. The molecule has 3 N–H and O–H groups in total. The van der Waals surface area contributed by atoms with Gasteiger partial charge < -0.3 is 5.32 Å². The summed E-state index contributed by atoms with van der Waals surface area (Å²) in [6, 6.07) is 9.95. The molecular weight excluding hydrogens is 260 g/mol. The third kappa shape index (κ3) is 2.65. The van der Waals surface area contributed by atoms with Crippen LogP contribution in [0.1, 0.15) is 11.6 Å². The summed E-state index contributed by atoms with van der Waals surface area (Å²) in [6.07, 6.45) is 1.68. The second kappa shape index (κ2) is 5.48. The third-order valence-corrected chi connectivity index (χ3v) is 3.83. The van der Waals surface area contributed by atoms with Crippen molar-refractivity contribution in [3.05, 3.63) is 47.5 Å². The zero-order valence-corrected chi connectivity index (χ0v) is 11.0. The quantitative estimate of drug-likeness (QED) is 0.794. The smallest absolute Gasteiger partial charge is 0.232 e. The van der Waals surface area contributed by atoms with Gasteiger partial charge in [0.05, 0.1) is 12.0 Å². The van der Waals surface area contributed by atoms with Gasteiger partial charge >= 0.3 is 0 Å². The lowest BCUT2D eigenvalue weighted by atomic mass is 9.94. The highest BCUT2D eigenvalue weighted by Gasteiger charge is 2.34. The summed E-state index contributed by atoms with van der Waals surface area (Å²) in [5.41, 5.74) is 7.31. The van der Waals surface area contributed by atoms with Crippen LogP contribution < -0.4 is 16.2 Å². The first kappa shape index (κ1) is 12.3. The fourth-order valence-electron chi connectivity index (χ4n) is 2.20. The van der Waals surface area contributed by atoms with Crippen LogP contribution in [0, 0.1) is 5.92 Å². The Morgan fingerprint density at radius 3 is 2.95 bits per heavy atom. The molecule has 2 atom stereocenters. The van der Waals surface area contributed by atoms with Crippen LogP contribution in [-0.4, -0.2) is 17.4 Å². The molecule has 98 valence electrons. The average molecular weight is 274 g/mol. The van der Waals surface area contributed by atoms with Crippen LogP contribution in [0.4, 0.5) is 5.13 Å². The van der Waals surface area contributed by atoms with Crippen molar-refractivity contribution in [2.75, 3.05) is 11.9 Å². The summed E-state index contributed by atoms with van der Waals surface area (Å²) in [6.45, 7) is 0.608. The van der Waals surface area contributed by atoms with Crippen molar-refractivity contribution in [2.24, 2.45) is 5.92 Å². The third-order valence-electron chi connectivity index (χ3n) is 3.14. The molecule has 1 aliphatic rings. The fraction of sp³-hybridized carbons (Fsp3) is 0.231. The Balaban J connectivity index is 1.74. The van der Waals surface area contributed by atoms with Crippen LogP contribution in [-0.2, 0) is 4.79 Å². The molecule has 3 rings (SSSR count). The normalized spacial score (nSPS) is 22.3. The number of hydrogen-bond acceptors (Lipinski definition) is 5. The summed E-state index contributed by atoms with van der Waals surface area (Å²) >= 11 is 1.42. The first-order valence-corrected chi connectivity index (χ1v) is 6.96. The van der Waals surface area contributed by atoms with Crippen molar-refractivity contribution >= 4 is 22.4 Å². The standard InChI is InChI=1S/C13H14N4OS/c18-12(16-13-14-6-7-19-13)10-8-15-17-11(10)9-4-2-1-3-5-9/h1-7,10-11,15,17H,8H2,(H,14,16,18). The van der Waals surface area contributed by atoms with E-state index in [-0.39, 0.29) is 17.9 Å². The van der Waals surface area contributed by atoms with Gasteiger partial charge in [-0.15, -0.1) is 11.3 Å². The van der Waals surface area contributed by atoms with Crippen molar-refractivity contribution in [1.29, 1.82) is 0 Å². The summed E-state index contributed by atoms with van der Waals surface area (Å²) < 4.78 is 0. The zero-order chi connectivity index (χ0) is 13.1. The number of hydrazine groups is 1. The maximum absolute atomic E-state index is 12.3. The van der Waals surface area contributed by atoms with E-state index in [1.165, 1.54) is 11.3 Å². The zero-order valence-electron chi connectivity index (χ0n) is 10.2. The molecule has 1 fully saturated rings. The number of amides is 1. The summed E-state index contributed by atoms with van der Waals surface area (Å²) in [5, 5.41) is 5.34. The molecule has 0 radical (unpaired) electrons. The molecule has 0 saturated carbocycles. The number of thiazole rings is 1. The van der Waals surface area contributed by atoms with E-state index >= 15 is 0 Å². The van der Waals surface area contributed by atoms with Crippen molar-refractivity contribution in [3.8, 4) is 0 Å². The van der Waals surface area contributed by atoms with E-state index in [0.29, 0.717) is 11.7 Å². The second-order valence-electron chi connectivity index (χ2n) is 4.35.